The highest BCUT2D eigenvalue weighted by Gasteiger charge is 2.15. The van der Waals surface area contributed by atoms with Crippen LogP contribution in [0.4, 0.5) is 0 Å². The molecule has 4 nitrogen and oxygen atoms in total. The van der Waals surface area contributed by atoms with Gasteiger partial charge in [0.1, 0.15) is 6.04 Å². The van der Waals surface area contributed by atoms with Gasteiger partial charge in [-0.25, -0.2) is 0 Å². The molecule has 0 aliphatic rings. The van der Waals surface area contributed by atoms with Crippen molar-refractivity contribution in [3.8, 4) is 0 Å². The first-order valence-corrected chi connectivity index (χ1v) is 5.21. The highest BCUT2D eigenvalue weighted by molar-refractivity contribution is 5.73. The molecule has 0 amide bonds. The third kappa shape index (κ3) is 4.16. The molecule has 1 atom stereocenters. The number of carbonyl (C=O) groups is 1. The van der Waals surface area contributed by atoms with Crippen LogP contribution in [-0.4, -0.2) is 17.1 Å². The molecular weight excluding hydrogens is 194 g/mol. The maximum Gasteiger partial charge on any atom is 0.320 e. The van der Waals surface area contributed by atoms with Crippen LogP contribution in [0.5, 0.6) is 0 Å². The zero-order valence-corrected chi connectivity index (χ0v) is 8.90. The minimum atomic E-state index is -0.785. The first-order valence-electron chi connectivity index (χ1n) is 5.21. The lowest BCUT2D eigenvalue weighted by atomic mass is 10.1. The highest BCUT2D eigenvalue weighted by atomic mass is 16.4. The Morgan fingerprint density at radius 1 is 1.67 bits per heavy atom. The normalized spacial score (nSPS) is 12.6. The van der Waals surface area contributed by atoms with Crippen LogP contribution in [0.1, 0.15) is 31.7 Å². The van der Waals surface area contributed by atoms with Gasteiger partial charge in [0, 0.05) is 12.1 Å². The van der Waals surface area contributed by atoms with Crippen molar-refractivity contribution in [3.63, 3.8) is 0 Å². The molecule has 84 valence electrons. The van der Waals surface area contributed by atoms with Crippen LogP contribution in [0.15, 0.2) is 23.0 Å². The van der Waals surface area contributed by atoms with Gasteiger partial charge in [0.25, 0.3) is 0 Å². The van der Waals surface area contributed by atoms with Crippen molar-refractivity contribution in [2.45, 2.75) is 38.8 Å². The van der Waals surface area contributed by atoms with E-state index in [0.29, 0.717) is 13.0 Å². The Morgan fingerprint density at radius 3 is 3.00 bits per heavy atom. The van der Waals surface area contributed by atoms with E-state index in [1.807, 2.05) is 6.07 Å². The number of unbranched alkanes of at least 4 members (excludes halogenated alkanes) is 1. The number of hydrogen-bond acceptors (Lipinski definition) is 3. The average Bonchev–Trinajstić information content (AvgIpc) is 2.70. The van der Waals surface area contributed by atoms with E-state index in [1.165, 1.54) is 0 Å². The summed E-state index contributed by atoms with van der Waals surface area (Å²) in [5, 5.41) is 11.9. The molecule has 0 bridgehead atoms. The molecule has 1 rings (SSSR count). The molecule has 2 N–H and O–H groups in total. The maximum absolute atomic E-state index is 10.9. The fourth-order valence-corrected chi connectivity index (χ4v) is 1.36. The second-order valence-electron chi connectivity index (χ2n) is 3.55. The van der Waals surface area contributed by atoms with Crippen molar-refractivity contribution in [2.75, 3.05) is 0 Å². The van der Waals surface area contributed by atoms with E-state index in [9.17, 15) is 4.79 Å². The smallest absolute Gasteiger partial charge is 0.320 e. The van der Waals surface area contributed by atoms with E-state index in [1.54, 1.807) is 12.5 Å². The van der Waals surface area contributed by atoms with E-state index >= 15 is 0 Å². The van der Waals surface area contributed by atoms with Crippen molar-refractivity contribution in [3.05, 3.63) is 24.2 Å². The topological polar surface area (TPSA) is 62.5 Å². The highest BCUT2D eigenvalue weighted by Crippen LogP contribution is 2.04. The van der Waals surface area contributed by atoms with Crippen LogP contribution in [0.2, 0.25) is 0 Å². The summed E-state index contributed by atoms with van der Waals surface area (Å²) in [4.78, 5) is 10.9. The Bertz CT molecular complexity index is 282. The third-order valence-corrected chi connectivity index (χ3v) is 2.28. The number of nitrogens with one attached hydrogen (secondary N) is 1. The summed E-state index contributed by atoms with van der Waals surface area (Å²) < 4.78 is 4.90. The molecule has 1 heterocycles. The van der Waals surface area contributed by atoms with Crippen molar-refractivity contribution in [2.24, 2.45) is 0 Å². The van der Waals surface area contributed by atoms with E-state index in [4.69, 9.17) is 9.52 Å². The van der Waals surface area contributed by atoms with Crippen LogP contribution < -0.4 is 5.32 Å². The minimum absolute atomic E-state index is 0.458. The van der Waals surface area contributed by atoms with Crippen LogP contribution in [-0.2, 0) is 11.3 Å². The molecule has 1 aromatic rings. The Kier molecular flexibility index (Phi) is 4.90. The van der Waals surface area contributed by atoms with Crippen LogP contribution in [0.25, 0.3) is 0 Å². The number of rotatable bonds is 7. The van der Waals surface area contributed by atoms with Crippen molar-refractivity contribution in [1.82, 2.24) is 5.32 Å². The van der Waals surface area contributed by atoms with Gasteiger partial charge in [0.05, 0.1) is 12.5 Å². The molecule has 0 saturated carbocycles. The van der Waals surface area contributed by atoms with Crippen LogP contribution in [0.3, 0.4) is 0 Å². The molecule has 1 unspecified atom stereocenters. The average molecular weight is 211 g/mol. The lowest BCUT2D eigenvalue weighted by Gasteiger charge is -2.12. The molecule has 1 aromatic heterocycles. The van der Waals surface area contributed by atoms with Gasteiger partial charge >= 0.3 is 5.97 Å². The van der Waals surface area contributed by atoms with Crippen molar-refractivity contribution < 1.29 is 14.3 Å². The van der Waals surface area contributed by atoms with E-state index < -0.39 is 12.0 Å². The summed E-state index contributed by atoms with van der Waals surface area (Å²) in [6, 6.07) is 1.37. The molecule has 0 aromatic carbocycles. The summed E-state index contributed by atoms with van der Waals surface area (Å²) in [5.41, 5.74) is 0.970. The van der Waals surface area contributed by atoms with Gasteiger partial charge in [-0.2, -0.15) is 0 Å². The maximum atomic E-state index is 10.9. The second-order valence-corrected chi connectivity index (χ2v) is 3.55. The quantitative estimate of drug-likeness (QED) is 0.724. The third-order valence-electron chi connectivity index (χ3n) is 2.28. The Labute approximate surface area is 89.3 Å². The van der Waals surface area contributed by atoms with E-state index in [-0.39, 0.29) is 0 Å². The first kappa shape index (κ1) is 11.8. The predicted octanol–water partition coefficient (Wildman–Crippen LogP) is 2.01. The number of hydrogen-bond donors (Lipinski definition) is 2. The summed E-state index contributed by atoms with van der Waals surface area (Å²) in [7, 11) is 0. The van der Waals surface area contributed by atoms with Gasteiger partial charge in [-0.3, -0.25) is 4.79 Å². The van der Waals surface area contributed by atoms with Gasteiger partial charge in [-0.15, -0.1) is 0 Å². The molecule has 0 fully saturated rings. The number of carboxylic acids is 1. The SMILES string of the molecule is CCCCC(NCc1ccoc1)C(=O)O. The molecule has 0 aliphatic carbocycles. The molecule has 4 heteroatoms. The molecule has 15 heavy (non-hydrogen) atoms. The first-order chi connectivity index (χ1) is 7.24. The van der Waals surface area contributed by atoms with Crippen molar-refractivity contribution >= 4 is 5.97 Å². The van der Waals surface area contributed by atoms with Crippen LogP contribution in [0, 0.1) is 0 Å². The zero-order chi connectivity index (χ0) is 11.1. The summed E-state index contributed by atoms with van der Waals surface area (Å²) in [6.07, 6.45) is 5.81. The Morgan fingerprint density at radius 2 is 2.47 bits per heavy atom. The van der Waals surface area contributed by atoms with E-state index in [2.05, 4.69) is 12.2 Å². The van der Waals surface area contributed by atoms with Gasteiger partial charge in [-0.1, -0.05) is 19.8 Å². The summed E-state index contributed by atoms with van der Waals surface area (Å²) >= 11 is 0. The van der Waals surface area contributed by atoms with Gasteiger partial charge in [-0.05, 0) is 12.5 Å². The van der Waals surface area contributed by atoms with E-state index in [0.717, 1.165) is 18.4 Å². The number of carboxylic acid groups (broad SMARTS) is 1. The lowest BCUT2D eigenvalue weighted by molar-refractivity contribution is -0.139. The second kappa shape index (κ2) is 6.24. The Balaban J connectivity index is 2.34. The molecule has 0 saturated heterocycles. The lowest BCUT2D eigenvalue weighted by Crippen LogP contribution is -2.36. The fourth-order valence-electron chi connectivity index (χ4n) is 1.36. The van der Waals surface area contributed by atoms with Gasteiger partial charge in [0.2, 0.25) is 0 Å². The zero-order valence-electron chi connectivity index (χ0n) is 8.90. The number of furan rings is 1. The number of aliphatic carboxylic acids is 1. The largest absolute Gasteiger partial charge is 0.480 e. The molecule has 0 spiro atoms. The molecular formula is C11H17NO3. The van der Waals surface area contributed by atoms with Gasteiger partial charge < -0.3 is 14.8 Å². The fraction of sp³-hybridized carbons (Fsp3) is 0.545. The molecule has 0 aliphatic heterocycles. The molecule has 0 radical (unpaired) electrons. The summed E-state index contributed by atoms with van der Waals surface area (Å²) in [6.45, 7) is 2.59. The summed E-state index contributed by atoms with van der Waals surface area (Å²) in [5.74, 6) is -0.785. The monoisotopic (exact) mass is 211 g/mol. The Hall–Kier alpha value is -1.29. The van der Waals surface area contributed by atoms with Crippen molar-refractivity contribution in [1.29, 1.82) is 0 Å². The standard InChI is InChI=1S/C11H17NO3/c1-2-3-4-10(11(13)14)12-7-9-5-6-15-8-9/h5-6,8,10,12H,2-4,7H2,1H3,(H,13,14). The minimum Gasteiger partial charge on any atom is -0.480 e. The predicted molar refractivity (Wildman–Crippen MR) is 56.5 cm³/mol. The van der Waals surface area contributed by atoms with Gasteiger partial charge in [0.15, 0.2) is 0 Å². The van der Waals surface area contributed by atoms with Crippen LogP contribution >= 0.6 is 0 Å².